The first-order valence-electron chi connectivity index (χ1n) is 4.60. The topological polar surface area (TPSA) is 22.1 Å². The van der Waals surface area contributed by atoms with Crippen LogP contribution in [0, 0.1) is 3.57 Å². The summed E-state index contributed by atoms with van der Waals surface area (Å²) in [6, 6.07) is 0. The molecule has 0 N–H and O–H groups in total. The van der Waals surface area contributed by atoms with E-state index in [1.807, 2.05) is 12.4 Å². The van der Waals surface area contributed by atoms with Gasteiger partial charge in [-0.15, -0.1) is 0 Å². The molecule has 0 atom stereocenters. The molecular formula is C10H12INO. The molecule has 1 aliphatic carbocycles. The maximum atomic E-state index is 5.76. The van der Waals surface area contributed by atoms with Gasteiger partial charge in [0.1, 0.15) is 5.75 Å². The number of ether oxygens (including phenoxy) is 1. The van der Waals surface area contributed by atoms with Crippen LogP contribution in [-0.4, -0.2) is 11.1 Å². The molecule has 3 heteroatoms. The second kappa shape index (κ2) is 3.82. The summed E-state index contributed by atoms with van der Waals surface area (Å²) in [5.41, 5.74) is 1.29. The quantitative estimate of drug-likeness (QED) is 0.798. The third kappa shape index (κ3) is 2.13. The summed E-state index contributed by atoms with van der Waals surface area (Å²) in [6.45, 7) is 2.15. The van der Waals surface area contributed by atoms with Crippen LogP contribution >= 0.6 is 22.6 Å². The van der Waals surface area contributed by atoms with Crippen molar-refractivity contribution in [1.29, 1.82) is 0 Å². The Kier molecular flexibility index (Phi) is 2.71. The van der Waals surface area contributed by atoms with E-state index in [1.54, 1.807) is 0 Å². The van der Waals surface area contributed by atoms with Gasteiger partial charge in [0.05, 0.1) is 12.3 Å². The number of hydrogen-bond donors (Lipinski definition) is 0. The van der Waals surface area contributed by atoms with Crippen LogP contribution in [0.3, 0.4) is 0 Å². The lowest BCUT2D eigenvalue weighted by molar-refractivity contribution is 0.298. The molecule has 0 aliphatic heterocycles. The van der Waals surface area contributed by atoms with Crippen molar-refractivity contribution < 1.29 is 4.74 Å². The fourth-order valence-corrected chi connectivity index (χ4v) is 2.06. The average Bonchev–Trinajstić information content (AvgIpc) is 2.89. The number of hydrogen-bond acceptors (Lipinski definition) is 2. The van der Waals surface area contributed by atoms with Crippen LogP contribution in [0.15, 0.2) is 12.4 Å². The molecule has 13 heavy (non-hydrogen) atoms. The van der Waals surface area contributed by atoms with Crippen molar-refractivity contribution in [1.82, 2.24) is 4.98 Å². The molecule has 2 rings (SSSR count). The van der Waals surface area contributed by atoms with Gasteiger partial charge in [-0.3, -0.25) is 4.98 Å². The minimum atomic E-state index is 0.463. The Morgan fingerprint density at radius 2 is 2.31 bits per heavy atom. The lowest BCUT2D eigenvalue weighted by Crippen LogP contribution is -2.01. The van der Waals surface area contributed by atoms with E-state index in [4.69, 9.17) is 4.74 Å². The van der Waals surface area contributed by atoms with Gasteiger partial charge in [-0.25, -0.2) is 0 Å². The van der Waals surface area contributed by atoms with Crippen molar-refractivity contribution in [2.24, 2.45) is 0 Å². The van der Waals surface area contributed by atoms with Gasteiger partial charge in [0, 0.05) is 15.3 Å². The van der Waals surface area contributed by atoms with Gasteiger partial charge in [-0.1, -0.05) is 6.92 Å². The molecule has 0 bridgehead atoms. The Morgan fingerprint density at radius 3 is 2.92 bits per heavy atom. The molecule has 1 saturated carbocycles. The van der Waals surface area contributed by atoms with Crippen molar-refractivity contribution >= 4 is 22.6 Å². The highest BCUT2D eigenvalue weighted by molar-refractivity contribution is 14.1. The average molecular weight is 289 g/mol. The van der Waals surface area contributed by atoms with Crippen LogP contribution in [-0.2, 0) is 6.42 Å². The van der Waals surface area contributed by atoms with Crippen molar-refractivity contribution in [2.45, 2.75) is 32.3 Å². The summed E-state index contributed by atoms with van der Waals surface area (Å²) in [5.74, 6) is 0.983. The highest BCUT2D eigenvalue weighted by atomic mass is 127. The Hall–Kier alpha value is -0.320. The van der Waals surface area contributed by atoms with E-state index in [9.17, 15) is 0 Å². The van der Waals surface area contributed by atoms with Crippen molar-refractivity contribution in [3.05, 3.63) is 21.5 Å². The number of rotatable bonds is 3. The first-order valence-corrected chi connectivity index (χ1v) is 5.68. The van der Waals surface area contributed by atoms with Crippen LogP contribution in [0.4, 0.5) is 0 Å². The van der Waals surface area contributed by atoms with E-state index < -0.39 is 0 Å². The number of aromatic nitrogens is 1. The standard InChI is InChI=1S/C10H12INO/c1-2-8-9(11)5-12-6-10(8)13-7-3-4-7/h5-7H,2-4H2,1H3. The second-order valence-electron chi connectivity index (χ2n) is 3.27. The summed E-state index contributed by atoms with van der Waals surface area (Å²) in [5, 5.41) is 0. The Balaban J connectivity index is 2.25. The normalized spacial score (nSPS) is 15.8. The van der Waals surface area contributed by atoms with Gasteiger partial charge in [0.25, 0.3) is 0 Å². The second-order valence-corrected chi connectivity index (χ2v) is 4.43. The van der Waals surface area contributed by atoms with Gasteiger partial charge in [-0.2, -0.15) is 0 Å². The van der Waals surface area contributed by atoms with E-state index in [0.29, 0.717) is 6.10 Å². The molecule has 1 heterocycles. The van der Waals surface area contributed by atoms with Crippen LogP contribution in [0.5, 0.6) is 5.75 Å². The molecule has 0 amide bonds. The minimum absolute atomic E-state index is 0.463. The van der Waals surface area contributed by atoms with Gasteiger partial charge in [0.2, 0.25) is 0 Å². The maximum absolute atomic E-state index is 5.76. The molecule has 1 aromatic rings. The Bertz CT molecular complexity index is 310. The van der Waals surface area contributed by atoms with Gasteiger partial charge in [0.15, 0.2) is 0 Å². The lowest BCUT2D eigenvalue weighted by atomic mass is 10.2. The smallest absolute Gasteiger partial charge is 0.142 e. The molecule has 1 aromatic heterocycles. The molecular weight excluding hydrogens is 277 g/mol. The van der Waals surface area contributed by atoms with E-state index in [1.165, 1.54) is 22.0 Å². The van der Waals surface area contributed by atoms with E-state index in [0.717, 1.165) is 12.2 Å². The molecule has 0 unspecified atom stereocenters. The molecule has 1 aliphatic rings. The molecule has 0 aromatic carbocycles. The molecule has 70 valence electrons. The van der Waals surface area contributed by atoms with Gasteiger partial charge < -0.3 is 4.74 Å². The fourth-order valence-electron chi connectivity index (χ4n) is 1.25. The third-order valence-corrected chi connectivity index (χ3v) is 3.07. The van der Waals surface area contributed by atoms with E-state index >= 15 is 0 Å². The number of pyridine rings is 1. The van der Waals surface area contributed by atoms with Crippen LogP contribution in [0.2, 0.25) is 0 Å². The first kappa shape index (κ1) is 9.24. The largest absolute Gasteiger partial charge is 0.488 e. The fraction of sp³-hybridized carbons (Fsp3) is 0.500. The Morgan fingerprint density at radius 1 is 1.54 bits per heavy atom. The van der Waals surface area contributed by atoms with Crippen molar-refractivity contribution in [3.8, 4) is 5.75 Å². The molecule has 0 radical (unpaired) electrons. The van der Waals surface area contributed by atoms with Gasteiger partial charge >= 0.3 is 0 Å². The van der Waals surface area contributed by atoms with E-state index in [2.05, 4.69) is 34.5 Å². The van der Waals surface area contributed by atoms with E-state index in [-0.39, 0.29) is 0 Å². The van der Waals surface area contributed by atoms with Crippen LogP contribution in [0.1, 0.15) is 25.3 Å². The molecule has 0 spiro atoms. The van der Waals surface area contributed by atoms with Crippen molar-refractivity contribution in [3.63, 3.8) is 0 Å². The van der Waals surface area contributed by atoms with Crippen molar-refractivity contribution in [2.75, 3.05) is 0 Å². The monoisotopic (exact) mass is 289 g/mol. The van der Waals surface area contributed by atoms with Crippen LogP contribution in [0.25, 0.3) is 0 Å². The summed E-state index contributed by atoms with van der Waals surface area (Å²) in [7, 11) is 0. The summed E-state index contributed by atoms with van der Waals surface area (Å²) in [6.07, 6.45) is 7.61. The first-order chi connectivity index (χ1) is 6.31. The zero-order valence-corrected chi connectivity index (χ0v) is 9.74. The number of halogens is 1. The predicted molar refractivity (Wildman–Crippen MR) is 60.0 cm³/mol. The van der Waals surface area contributed by atoms with Gasteiger partial charge in [-0.05, 0) is 41.9 Å². The predicted octanol–water partition coefficient (Wildman–Crippen LogP) is 2.79. The third-order valence-electron chi connectivity index (χ3n) is 2.14. The SMILES string of the molecule is CCc1c(I)cncc1OC1CC1. The zero-order valence-electron chi connectivity index (χ0n) is 7.59. The number of nitrogens with zero attached hydrogens (tertiary/aromatic N) is 1. The van der Waals surface area contributed by atoms with Crippen LogP contribution < -0.4 is 4.74 Å². The summed E-state index contributed by atoms with van der Waals surface area (Å²) in [4.78, 5) is 4.14. The molecule has 1 fully saturated rings. The summed E-state index contributed by atoms with van der Waals surface area (Å²) >= 11 is 2.31. The molecule has 2 nitrogen and oxygen atoms in total. The summed E-state index contributed by atoms with van der Waals surface area (Å²) < 4.78 is 6.97. The Labute approximate surface area is 91.8 Å². The lowest BCUT2D eigenvalue weighted by Gasteiger charge is -2.09. The zero-order chi connectivity index (χ0) is 9.26. The highest BCUT2D eigenvalue weighted by Crippen LogP contribution is 2.30. The maximum Gasteiger partial charge on any atom is 0.142 e. The highest BCUT2D eigenvalue weighted by Gasteiger charge is 2.24. The molecule has 0 saturated heterocycles. The minimum Gasteiger partial charge on any atom is -0.488 e.